The Bertz CT molecular complexity index is 601. The van der Waals surface area contributed by atoms with E-state index >= 15 is 0 Å². The number of hydrogen-bond acceptors (Lipinski definition) is 5. The molecule has 0 N–H and O–H groups in total. The second kappa shape index (κ2) is 6.26. The van der Waals surface area contributed by atoms with Gasteiger partial charge in [-0.2, -0.15) is 0 Å². The van der Waals surface area contributed by atoms with Crippen LogP contribution in [0.3, 0.4) is 0 Å². The van der Waals surface area contributed by atoms with E-state index < -0.39 is 17.9 Å². The Morgan fingerprint density at radius 1 is 1.29 bits per heavy atom. The number of nitrogens with zero attached hydrogens (tertiary/aromatic N) is 1. The molecule has 1 heterocycles. The molecule has 1 fully saturated rings. The van der Waals surface area contributed by atoms with Crippen molar-refractivity contribution in [2.24, 2.45) is 5.92 Å². The van der Waals surface area contributed by atoms with Gasteiger partial charge >= 0.3 is 11.9 Å². The van der Waals surface area contributed by atoms with Crippen molar-refractivity contribution in [1.82, 2.24) is 0 Å². The minimum Gasteiger partial charge on any atom is -0.469 e. The highest BCUT2D eigenvalue weighted by atomic mass is 79.9. The summed E-state index contributed by atoms with van der Waals surface area (Å²) >= 11 is 3.34. The van der Waals surface area contributed by atoms with Crippen LogP contribution in [0.1, 0.15) is 16.8 Å². The van der Waals surface area contributed by atoms with E-state index in [2.05, 4.69) is 20.7 Å². The summed E-state index contributed by atoms with van der Waals surface area (Å²) in [4.78, 5) is 37.0. The van der Waals surface area contributed by atoms with Gasteiger partial charge in [0.05, 0.1) is 31.4 Å². The molecule has 21 heavy (non-hydrogen) atoms. The lowest BCUT2D eigenvalue weighted by Crippen LogP contribution is -2.28. The van der Waals surface area contributed by atoms with Crippen molar-refractivity contribution < 1.29 is 23.9 Å². The number of benzene rings is 1. The van der Waals surface area contributed by atoms with Crippen molar-refractivity contribution in [3.63, 3.8) is 0 Å². The lowest BCUT2D eigenvalue weighted by Gasteiger charge is -2.20. The van der Waals surface area contributed by atoms with Crippen LogP contribution in [0.25, 0.3) is 0 Å². The quantitative estimate of drug-likeness (QED) is 0.772. The van der Waals surface area contributed by atoms with Crippen LogP contribution < -0.4 is 4.90 Å². The second-order valence-corrected chi connectivity index (χ2v) is 5.41. The Kier molecular flexibility index (Phi) is 4.62. The number of esters is 2. The SMILES string of the molecule is COC(=O)c1cccc(Br)c1N1CC(C(=O)OC)CC1=O. The lowest BCUT2D eigenvalue weighted by atomic mass is 10.1. The van der Waals surface area contributed by atoms with Gasteiger partial charge in [0.15, 0.2) is 0 Å². The zero-order valence-corrected chi connectivity index (χ0v) is 13.2. The summed E-state index contributed by atoms with van der Waals surface area (Å²) in [5.74, 6) is -1.74. The fourth-order valence-corrected chi connectivity index (χ4v) is 2.89. The van der Waals surface area contributed by atoms with Crippen molar-refractivity contribution >= 4 is 39.5 Å². The molecule has 0 saturated carbocycles. The van der Waals surface area contributed by atoms with E-state index in [0.717, 1.165) is 0 Å². The van der Waals surface area contributed by atoms with E-state index in [1.54, 1.807) is 18.2 Å². The van der Waals surface area contributed by atoms with Crippen LogP contribution in [-0.4, -0.2) is 38.6 Å². The predicted octanol–water partition coefficient (Wildman–Crippen LogP) is 1.76. The van der Waals surface area contributed by atoms with Gasteiger partial charge in [0.25, 0.3) is 0 Å². The maximum Gasteiger partial charge on any atom is 0.340 e. The number of amides is 1. The molecule has 0 radical (unpaired) electrons. The van der Waals surface area contributed by atoms with Crippen LogP contribution in [0, 0.1) is 5.92 Å². The molecule has 1 aromatic rings. The maximum atomic E-state index is 12.2. The summed E-state index contributed by atoms with van der Waals surface area (Å²) < 4.78 is 9.99. The first-order valence-electron chi connectivity index (χ1n) is 6.24. The Balaban J connectivity index is 2.40. The topological polar surface area (TPSA) is 72.9 Å². The number of anilines is 1. The normalized spacial score (nSPS) is 17.8. The molecule has 2 rings (SSSR count). The third kappa shape index (κ3) is 2.92. The number of hydrogen-bond donors (Lipinski definition) is 0. The Morgan fingerprint density at radius 3 is 2.62 bits per heavy atom. The number of para-hydroxylation sites is 1. The number of rotatable bonds is 3. The van der Waals surface area contributed by atoms with Crippen molar-refractivity contribution in [3.8, 4) is 0 Å². The summed E-state index contributed by atoms with van der Waals surface area (Å²) in [6.45, 7) is 0.179. The van der Waals surface area contributed by atoms with Crippen molar-refractivity contribution in [2.45, 2.75) is 6.42 Å². The molecule has 0 bridgehead atoms. The zero-order valence-electron chi connectivity index (χ0n) is 11.6. The highest BCUT2D eigenvalue weighted by molar-refractivity contribution is 9.10. The second-order valence-electron chi connectivity index (χ2n) is 4.56. The van der Waals surface area contributed by atoms with E-state index in [1.165, 1.54) is 19.1 Å². The van der Waals surface area contributed by atoms with Crippen molar-refractivity contribution in [2.75, 3.05) is 25.7 Å². The molecule has 1 atom stereocenters. The van der Waals surface area contributed by atoms with Gasteiger partial charge in [-0.1, -0.05) is 6.07 Å². The Morgan fingerprint density at radius 2 is 2.00 bits per heavy atom. The fraction of sp³-hybridized carbons (Fsp3) is 0.357. The van der Waals surface area contributed by atoms with Gasteiger partial charge in [-0.05, 0) is 28.1 Å². The molecule has 6 nitrogen and oxygen atoms in total. The van der Waals surface area contributed by atoms with E-state index in [4.69, 9.17) is 4.74 Å². The molecule has 1 aliphatic heterocycles. The Hall–Kier alpha value is -1.89. The molecule has 1 amide bonds. The van der Waals surface area contributed by atoms with Crippen molar-refractivity contribution in [1.29, 1.82) is 0 Å². The molecule has 7 heteroatoms. The first kappa shape index (κ1) is 15.5. The van der Waals surface area contributed by atoms with E-state index in [0.29, 0.717) is 10.2 Å². The lowest BCUT2D eigenvalue weighted by molar-refractivity contribution is -0.145. The molecule has 1 unspecified atom stereocenters. The number of halogens is 1. The average Bonchev–Trinajstić information content (AvgIpc) is 2.87. The number of methoxy groups -OCH3 is 2. The molecule has 0 spiro atoms. The molecule has 1 aliphatic rings. The largest absolute Gasteiger partial charge is 0.469 e. The fourth-order valence-electron chi connectivity index (χ4n) is 2.31. The Labute approximate surface area is 130 Å². The summed E-state index contributed by atoms with van der Waals surface area (Å²) in [5.41, 5.74) is 0.687. The summed E-state index contributed by atoms with van der Waals surface area (Å²) in [5, 5.41) is 0. The highest BCUT2D eigenvalue weighted by Crippen LogP contribution is 2.35. The average molecular weight is 356 g/mol. The van der Waals surface area contributed by atoms with Gasteiger partial charge in [-0.15, -0.1) is 0 Å². The predicted molar refractivity (Wildman–Crippen MR) is 78.0 cm³/mol. The highest BCUT2D eigenvalue weighted by Gasteiger charge is 2.38. The third-order valence-corrected chi connectivity index (χ3v) is 3.96. The van der Waals surface area contributed by atoms with Gasteiger partial charge in [0, 0.05) is 17.4 Å². The summed E-state index contributed by atoms with van der Waals surface area (Å²) in [6, 6.07) is 4.98. The first-order chi connectivity index (χ1) is 9.99. The van der Waals surface area contributed by atoms with E-state index in [-0.39, 0.29) is 24.4 Å². The van der Waals surface area contributed by atoms with E-state index in [1.807, 2.05) is 0 Å². The molecule has 0 aliphatic carbocycles. The molecule has 1 aromatic carbocycles. The zero-order chi connectivity index (χ0) is 15.6. The van der Waals surface area contributed by atoms with Gasteiger partial charge in [-0.25, -0.2) is 4.79 Å². The van der Waals surface area contributed by atoms with Crippen LogP contribution in [0.5, 0.6) is 0 Å². The minimum atomic E-state index is -0.541. The van der Waals surface area contributed by atoms with Crippen LogP contribution >= 0.6 is 15.9 Å². The smallest absolute Gasteiger partial charge is 0.340 e. The number of carbonyl (C=O) groups excluding carboxylic acids is 3. The van der Waals surface area contributed by atoms with Crippen LogP contribution in [0.15, 0.2) is 22.7 Å². The number of ether oxygens (including phenoxy) is 2. The summed E-state index contributed by atoms with van der Waals surface area (Å²) in [6.07, 6.45) is 0.0641. The van der Waals surface area contributed by atoms with Crippen LogP contribution in [0.4, 0.5) is 5.69 Å². The van der Waals surface area contributed by atoms with Crippen LogP contribution in [-0.2, 0) is 19.1 Å². The first-order valence-corrected chi connectivity index (χ1v) is 7.04. The summed E-state index contributed by atoms with van der Waals surface area (Å²) in [7, 11) is 2.56. The molecule has 1 saturated heterocycles. The minimum absolute atomic E-state index is 0.0641. The van der Waals surface area contributed by atoms with E-state index in [9.17, 15) is 14.4 Å². The van der Waals surface area contributed by atoms with Gasteiger partial charge < -0.3 is 14.4 Å². The van der Waals surface area contributed by atoms with Gasteiger partial charge in [-0.3, -0.25) is 9.59 Å². The molecule has 112 valence electrons. The molecular formula is C14H14BrNO5. The molecule has 0 aromatic heterocycles. The van der Waals surface area contributed by atoms with Gasteiger partial charge in [0.2, 0.25) is 5.91 Å². The van der Waals surface area contributed by atoms with Crippen LogP contribution in [0.2, 0.25) is 0 Å². The third-order valence-electron chi connectivity index (χ3n) is 3.32. The number of carbonyl (C=O) groups is 3. The monoisotopic (exact) mass is 355 g/mol. The standard InChI is InChI=1S/C14H14BrNO5/c1-20-13(18)8-6-11(17)16(7-8)12-9(14(19)21-2)4-3-5-10(12)15/h3-5,8H,6-7H2,1-2H3. The van der Waals surface area contributed by atoms with Crippen molar-refractivity contribution in [3.05, 3.63) is 28.2 Å². The van der Waals surface area contributed by atoms with Gasteiger partial charge in [0.1, 0.15) is 0 Å². The molecular weight excluding hydrogens is 342 g/mol. The maximum absolute atomic E-state index is 12.2.